The quantitative estimate of drug-likeness (QED) is 0.712. The SMILES string of the molecule is Nc1nccnc1C(=O)N(Cc1ccccc1)C[C@@H](O)c1ccco1. The molecule has 25 heavy (non-hydrogen) atoms. The van der Waals surface area contributed by atoms with Gasteiger partial charge in [0.05, 0.1) is 12.8 Å². The number of nitrogens with two attached hydrogens (primary N) is 1. The molecule has 0 radical (unpaired) electrons. The van der Waals surface area contributed by atoms with E-state index in [0.717, 1.165) is 5.56 Å². The molecule has 0 aliphatic carbocycles. The first-order valence-corrected chi connectivity index (χ1v) is 7.76. The monoisotopic (exact) mass is 338 g/mol. The van der Waals surface area contributed by atoms with Gasteiger partial charge in [0, 0.05) is 18.9 Å². The van der Waals surface area contributed by atoms with Gasteiger partial charge in [0.25, 0.3) is 5.91 Å². The molecule has 2 heterocycles. The van der Waals surface area contributed by atoms with Crippen LogP contribution in [0.1, 0.15) is 27.9 Å². The molecule has 3 rings (SSSR count). The van der Waals surface area contributed by atoms with Crippen molar-refractivity contribution in [2.75, 3.05) is 12.3 Å². The van der Waals surface area contributed by atoms with Crippen molar-refractivity contribution in [3.8, 4) is 0 Å². The second-order valence-electron chi connectivity index (χ2n) is 5.49. The molecule has 1 aromatic carbocycles. The van der Waals surface area contributed by atoms with E-state index in [4.69, 9.17) is 10.2 Å². The van der Waals surface area contributed by atoms with Crippen molar-refractivity contribution >= 4 is 11.7 Å². The van der Waals surface area contributed by atoms with Gasteiger partial charge in [-0.15, -0.1) is 0 Å². The molecule has 1 amide bonds. The van der Waals surface area contributed by atoms with E-state index in [-0.39, 0.29) is 18.1 Å². The lowest BCUT2D eigenvalue weighted by molar-refractivity contribution is 0.0558. The molecule has 0 saturated carbocycles. The molecule has 1 atom stereocenters. The molecule has 0 unspecified atom stereocenters. The summed E-state index contributed by atoms with van der Waals surface area (Å²) in [6.45, 7) is 0.338. The number of furan rings is 1. The minimum Gasteiger partial charge on any atom is -0.467 e. The summed E-state index contributed by atoms with van der Waals surface area (Å²) in [5.74, 6) is 0.0380. The van der Waals surface area contributed by atoms with Gasteiger partial charge in [-0.25, -0.2) is 9.97 Å². The Kier molecular flexibility index (Phi) is 5.06. The van der Waals surface area contributed by atoms with Crippen LogP contribution in [0.15, 0.2) is 65.5 Å². The van der Waals surface area contributed by atoms with Gasteiger partial charge in [0.2, 0.25) is 0 Å². The number of hydrogen-bond donors (Lipinski definition) is 2. The van der Waals surface area contributed by atoms with E-state index in [9.17, 15) is 9.90 Å². The number of carbonyl (C=O) groups is 1. The zero-order valence-corrected chi connectivity index (χ0v) is 13.4. The number of nitrogens with zero attached hydrogens (tertiary/aromatic N) is 3. The van der Waals surface area contributed by atoms with Crippen LogP contribution in [0.3, 0.4) is 0 Å². The van der Waals surface area contributed by atoms with Crippen molar-refractivity contribution in [2.45, 2.75) is 12.6 Å². The summed E-state index contributed by atoms with van der Waals surface area (Å²) in [6.07, 6.45) is 3.35. The molecule has 2 aromatic heterocycles. The first-order valence-electron chi connectivity index (χ1n) is 7.76. The number of amides is 1. The molecule has 0 aliphatic rings. The van der Waals surface area contributed by atoms with Gasteiger partial charge < -0.3 is 20.2 Å². The number of nitrogen functional groups attached to an aromatic ring is 1. The standard InChI is InChI=1S/C18H18N4O3/c19-17-16(20-8-9-21-17)18(24)22(11-13-5-2-1-3-6-13)12-14(23)15-7-4-10-25-15/h1-10,14,23H,11-12H2,(H2,19,21)/t14-/m1/s1. The topological polar surface area (TPSA) is 105 Å². The van der Waals surface area contributed by atoms with E-state index in [1.807, 2.05) is 30.3 Å². The van der Waals surface area contributed by atoms with Crippen LogP contribution in [0.2, 0.25) is 0 Å². The third-order valence-electron chi connectivity index (χ3n) is 3.70. The van der Waals surface area contributed by atoms with E-state index in [1.54, 1.807) is 12.1 Å². The Morgan fingerprint density at radius 2 is 1.92 bits per heavy atom. The van der Waals surface area contributed by atoms with Crippen LogP contribution in [-0.4, -0.2) is 32.4 Å². The summed E-state index contributed by atoms with van der Waals surface area (Å²) >= 11 is 0. The number of aromatic nitrogens is 2. The lowest BCUT2D eigenvalue weighted by Crippen LogP contribution is -2.35. The highest BCUT2D eigenvalue weighted by Crippen LogP contribution is 2.19. The third-order valence-corrected chi connectivity index (χ3v) is 3.70. The molecule has 3 aromatic rings. The van der Waals surface area contributed by atoms with E-state index in [1.165, 1.54) is 23.6 Å². The van der Waals surface area contributed by atoms with Gasteiger partial charge in [0.15, 0.2) is 11.5 Å². The Balaban J connectivity index is 1.85. The van der Waals surface area contributed by atoms with Crippen molar-refractivity contribution in [2.24, 2.45) is 0 Å². The van der Waals surface area contributed by atoms with Crippen LogP contribution in [0.25, 0.3) is 0 Å². The molecule has 7 heteroatoms. The molecule has 0 spiro atoms. The maximum atomic E-state index is 12.9. The highest BCUT2D eigenvalue weighted by molar-refractivity contribution is 5.96. The van der Waals surface area contributed by atoms with E-state index >= 15 is 0 Å². The minimum absolute atomic E-state index is 0.0389. The molecule has 128 valence electrons. The number of benzene rings is 1. The molecule has 0 bridgehead atoms. The predicted molar refractivity (Wildman–Crippen MR) is 91.3 cm³/mol. The molecular weight excluding hydrogens is 320 g/mol. The van der Waals surface area contributed by atoms with Gasteiger partial charge in [0.1, 0.15) is 11.9 Å². The minimum atomic E-state index is -0.958. The maximum Gasteiger partial charge on any atom is 0.276 e. The lowest BCUT2D eigenvalue weighted by Gasteiger charge is -2.24. The fourth-order valence-corrected chi connectivity index (χ4v) is 2.47. The largest absolute Gasteiger partial charge is 0.467 e. The summed E-state index contributed by atoms with van der Waals surface area (Å²) in [6, 6.07) is 12.8. The number of aliphatic hydroxyl groups is 1. The first-order chi connectivity index (χ1) is 12.1. The van der Waals surface area contributed by atoms with Crippen molar-refractivity contribution < 1.29 is 14.3 Å². The molecule has 7 nitrogen and oxygen atoms in total. The Bertz CT molecular complexity index is 821. The van der Waals surface area contributed by atoms with Crippen LogP contribution in [0.4, 0.5) is 5.82 Å². The van der Waals surface area contributed by atoms with Gasteiger partial charge in [-0.2, -0.15) is 0 Å². The second kappa shape index (κ2) is 7.59. The molecular formula is C18H18N4O3. The average Bonchev–Trinajstić information content (AvgIpc) is 3.17. The Morgan fingerprint density at radius 1 is 1.16 bits per heavy atom. The summed E-state index contributed by atoms with van der Waals surface area (Å²) in [5.41, 5.74) is 6.76. The van der Waals surface area contributed by atoms with Gasteiger partial charge in [-0.05, 0) is 17.7 Å². The number of rotatable bonds is 6. The molecule has 3 N–H and O–H groups in total. The van der Waals surface area contributed by atoms with Gasteiger partial charge in [-0.3, -0.25) is 4.79 Å². The van der Waals surface area contributed by atoms with Gasteiger partial charge in [-0.1, -0.05) is 30.3 Å². The smallest absolute Gasteiger partial charge is 0.276 e. The number of carbonyl (C=O) groups excluding carboxylic acids is 1. The van der Waals surface area contributed by atoms with Crippen LogP contribution in [-0.2, 0) is 6.54 Å². The summed E-state index contributed by atoms with van der Waals surface area (Å²) in [5, 5.41) is 10.4. The molecule has 0 fully saturated rings. The zero-order chi connectivity index (χ0) is 17.6. The first kappa shape index (κ1) is 16.7. The third kappa shape index (κ3) is 4.02. The van der Waals surface area contributed by atoms with Crippen molar-refractivity contribution in [3.63, 3.8) is 0 Å². The average molecular weight is 338 g/mol. The summed E-state index contributed by atoms with van der Waals surface area (Å²) in [4.78, 5) is 22.3. The van der Waals surface area contributed by atoms with Gasteiger partial charge >= 0.3 is 0 Å². The number of aliphatic hydroxyl groups excluding tert-OH is 1. The van der Waals surface area contributed by atoms with Crippen LogP contribution >= 0.6 is 0 Å². The normalized spacial score (nSPS) is 11.9. The number of hydrogen-bond acceptors (Lipinski definition) is 6. The highest BCUT2D eigenvalue weighted by atomic mass is 16.4. The Hall–Kier alpha value is -3.19. The van der Waals surface area contributed by atoms with Crippen molar-refractivity contribution in [1.82, 2.24) is 14.9 Å². The lowest BCUT2D eigenvalue weighted by atomic mass is 10.1. The van der Waals surface area contributed by atoms with E-state index in [0.29, 0.717) is 12.3 Å². The van der Waals surface area contributed by atoms with E-state index < -0.39 is 12.0 Å². The van der Waals surface area contributed by atoms with E-state index in [2.05, 4.69) is 9.97 Å². The molecule has 0 aliphatic heterocycles. The fraction of sp³-hybridized carbons (Fsp3) is 0.167. The van der Waals surface area contributed by atoms with Crippen LogP contribution < -0.4 is 5.73 Å². The predicted octanol–water partition coefficient (Wildman–Crippen LogP) is 2.03. The summed E-state index contributed by atoms with van der Waals surface area (Å²) in [7, 11) is 0. The van der Waals surface area contributed by atoms with Crippen LogP contribution in [0.5, 0.6) is 0 Å². The fourth-order valence-electron chi connectivity index (χ4n) is 2.47. The zero-order valence-electron chi connectivity index (χ0n) is 13.4. The highest BCUT2D eigenvalue weighted by Gasteiger charge is 2.24. The maximum absolute atomic E-state index is 12.9. The van der Waals surface area contributed by atoms with Crippen LogP contribution in [0, 0.1) is 0 Å². The Morgan fingerprint density at radius 3 is 2.60 bits per heavy atom. The second-order valence-corrected chi connectivity index (χ2v) is 5.49. The Labute approximate surface area is 144 Å². The summed E-state index contributed by atoms with van der Waals surface area (Å²) < 4.78 is 5.21. The van der Waals surface area contributed by atoms with Crippen molar-refractivity contribution in [1.29, 1.82) is 0 Å². The van der Waals surface area contributed by atoms with Crippen molar-refractivity contribution in [3.05, 3.63) is 78.1 Å². The molecule has 0 saturated heterocycles. The number of anilines is 1.